The van der Waals surface area contributed by atoms with Gasteiger partial charge in [0.1, 0.15) is 0 Å². The molecule has 0 aromatic carbocycles. The number of likely N-dealkylation sites (N-methyl/N-ethyl adjacent to an activating group) is 1. The van der Waals surface area contributed by atoms with Crippen LogP contribution < -0.4 is 10.6 Å². The smallest absolute Gasteiger partial charge is 0.191 e. The summed E-state index contributed by atoms with van der Waals surface area (Å²) in [6.07, 6.45) is 2.46. The number of halogens is 1. The van der Waals surface area contributed by atoms with E-state index in [0.717, 1.165) is 12.5 Å². The van der Waals surface area contributed by atoms with Crippen LogP contribution >= 0.6 is 24.0 Å². The lowest BCUT2D eigenvalue weighted by molar-refractivity contribution is 0.273. The van der Waals surface area contributed by atoms with Gasteiger partial charge in [0.15, 0.2) is 5.96 Å². The average Bonchev–Trinajstić information content (AvgIpc) is 2.66. The maximum absolute atomic E-state index is 4.29. The summed E-state index contributed by atoms with van der Waals surface area (Å²) in [5.41, 5.74) is 0. The van der Waals surface area contributed by atoms with Gasteiger partial charge in [0.2, 0.25) is 0 Å². The number of rotatable bonds is 6. The van der Waals surface area contributed by atoms with Crippen LogP contribution in [0.4, 0.5) is 0 Å². The number of aliphatic imine (C=N–C) groups is 1. The van der Waals surface area contributed by atoms with Crippen molar-refractivity contribution in [3.63, 3.8) is 0 Å². The predicted molar refractivity (Wildman–Crippen MR) is 107 cm³/mol. The Morgan fingerprint density at radius 2 is 1.86 bits per heavy atom. The average molecular weight is 425 g/mol. The second-order valence-electron chi connectivity index (χ2n) is 6.53. The fraction of sp³-hybridized carbons (Fsp3) is 0.938. The van der Waals surface area contributed by atoms with Crippen molar-refractivity contribution in [2.75, 3.05) is 53.4 Å². The minimum Gasteiger partial charge on any atom is -0.356 e. The minimum absolute atomic E-state index is 0. The molecule has 22 heavy (non-hydrogen) atoms. The molecule has 2 N–H and O–H groups in total. The van der Waals surface area contributed by atoms with Crippen LogP contribution in [0.3, 0.4) is 0 Å². The number of hydrogen-bond donors (Lipinski definition) is 2. The van der Waals surface area contributed by atoms with Crippen LogP contribution in [0.1, 0.15) is 33.6 Å². The predicted octanol–water partition coefficient (Wildman–Crippen LogP) is 1.84. The highest BCUT2D eigenvalue weighted by Gasteiger charge is 2.12. The van der Waals surface area contributed by atoms with Crippen LogP contribution in [0.2, 0.25) is 0 Å². The number of nitrogens with one attached hydrogen (secondary N) is 2. The summed E-state index contributed by atoms with van der Waals surface area (Å²) >= 11 is 0. The molecule has 1 unspecified atom stereocenters. The summed E-state index contributed by atoms with van der Waals surface area (Å²) < 4.78 is 0. The summed E-state index contributed by atoms with van der Waals surface area (Å²) in [6, 6.07) is 0.442. The standard InChI is InChI=1S/C16H35N5.HI/c1-14(2)15(3)19-16(17-4)18-8-6-10-21-11-7-9-20(5)12-13-21;/h14-15H,6-13H2,1-5H3,(H2,17,18,19);1H. The van der Waals surface area contributed by atoms with E-state index in [1.807, 2.05) is 7.05 Å². The Labute approximate surface area is 154 Å². The van der Waals surface area contributed by atoms with Gasteiger partial charge in [0.05, 0.1) is 0 Å². The van der Waals surface area contributed by atoms with E-state index >= 15 is 0 Å². The van der Waals surface area contributed by atoms with Crippen molar-refractivity contribution in [2.24, 2.45) is 10.9 Å². The molecule has 0 bridgehead atoms. The van der Waals surface area contributed by atoms with Gasteiger partial charge in [0.25, 0.3) is 0 Å². The zero-order valence-corrected chi connectivity index (χ0v) is 17.4. The van der Waals surface area contributed by atoms with Gasteiger partial charge in [-0.05, 0) is 52.4 Å². The van der Waals surface area contributed by atoms with Gasteiger partial charge < -0.3 is 20.4 Å². The van der Waals surface area contributed by atoms with E-state index in [9.17, 15) is 0 Å². The van der Waals surface area contributed by atoms with Crippen molar-refractivity contribution in [1.82, 2.24) is 20.4 Å². The van der Waals surface area contributed by atoms with E-state index < -0.39 is 0 Å². The molecule has 6 heteroatoms. The van der Waals surface area contributed by atoms with Crippen molar-refractivity contribution in [1.29, 1.82) is 0 Å². The Hall–Kier alpha value is -0.0800. The largest absolute Gasteiger partial charge is 0.356 e. The summed E-state index contributed by atoms with van der Waals surface area (Å²) in [7, 11) is 4.06. The van der Waals surface area contributed by atoms with Crippen LogP contribution in [0, 0.1) is 5.92 Å². The Balaban J connectivity index is 0.00000441. The highest BCUT2D eigenvalue weighted by Crippen LogP contribution is 2.02. The summed E-state index contributed by atoms with van der Waals surface area (Å²) in [5, 5.41) is 6.86. The number of nitrogens with zero attached hydrogens (tertiary/aromatic N) is 3. The lowest BCUT2D eigenvalue weighted by atomic mass is 10.1. The first-order chi connectivity index (χ1) is 10.0. The van der Waals surface area contributed by atoms with Gasteiger partial charge in [-0.3, -0.25) is 4.99 Å². The second-order valence-corrected chi connectivity index (χ2v) is 6.53. The molecule has 1 fully saturated rings. The van der Waals surface area contributed by atoms with Gasteiger partial charge in [0, 0.05) is 32.7 Å². The molecule has 0 aromatic heterocycles. The normalized spacial score (nSPS) is 19.5. The van der Waals surface area contributed by atoms with Crippen molar-refractivity contribution in [2.45, 2.75) is 39.7 Å². The summed E-state index contributed by atoms with van der Waals surface area (Å²) in [4.78, 5) is 9.30. The van der Waals surface area contributed by atoms with Crippen molar-refractivity contribution < 1.29 is 0 Å². The Morgan fingerprint density at radius 3 is 2.50 bits per heavy atom. The van der Waals surface area contributed by atoms with E-state index in [0.29, 0.717) is 12.0 Å². The van der Waals surface area contributed by atoms with E-state index in [2.05, 4.69) is 53.2 Å². The van der Waals surface area contributed by atoms with E-state index in [1.165, 1.54) is 45.6 Å². The maximum atomic E-state index is 4.29. The molecule has 0 radical (unpaired) electrons. The number of guanidine groups is 1. The first-order valence-corrected chi connectivity index (χ1v) is 8.41. The quantitative estimate of drug-likeness (QED) is 0.295. The van der Waals surface area contributed by atoms with Gasteiger partial charge in [-0.1, -0.05) is 13.8 Å². The van der Waals surface area contributed by atoms with Crippen LogP contribution in [0.15, 0.2) is 4.99 Å². The molecule has 1 rings (SSSR count). The Bertz CT molecular complexity index is 309. The SMILES string of the molecule is CN=C(NCCCN1CCCN(C)CC1)NC(C)C(C)C.I. The Morgan fingerprint density at radius 1 is 1.14 bits per heavy atom. The molecular weight excluding hydrogens is 389 g/mol. The molecule has 1 aliphatic rings. The summed E-state index contributed by atoms with van der Waals surface area (Å²) in [6.45, 7) is 13.7. The van der Waals surface area contributed by atoms with Crippen molar-refractivity contribution in [3.8, 4) is 0 Å². The third-order valence-electron chi connectivity index (χ3n) is 4.34. The van der Waals surface area contributed by atoms with Crippen LogP contribution in [0.5, 0.6) is 0 Å². The zero-order valence-electron chi connectivity index (χ0n) is 15.1. The molecule has 1 aliphatic heterocycles. The van der Waals surface area contributed by atoms with E-state index in [1.54, 1.807) is 0 Å². The van der Waals surface area contributed by atoms with Gasteiger partial charge in [-0.15, -0.1) is 24.0 Å². The number of hydrogen-bond acceptors (Lipinski definition) is 3. The highest BCUT2D eigenvalue weighted by molar-refractivity contribution is 14.0. The molecular formula is C16H36IN5. The lowest BCUT2D eigenvalue weighted by Crippen LogP contribution is -2.45. The molecule has 0 spiro atoms. The lowest BCUT2D eigenvalue weighted by Gasteiger charge is -2.22. The molecule has 0 amide bonds. The molecule has 1 atom stereocenters. The monoisotopic (exact) mass is 425 g/mol. The van der Waals surface area contributed by atoms with E-state index in [-0.39, 0.29) is 24.0 Å². The molecule has 0 aromatic rings. The first-order valence-electron chi connectivity index (χ1n) is 8.41. The van der Waals surface area contributed by atoms with Crippen LogP contribution in [0.25, 0.3) is 0 Å². The second kappa shape index (κ2) is 12.4. The topological polar surface area (TPSA) is 42.9 Å². The highest BCUT2D eigenvalue weighted by atomic mass is 127. The van der Waals surface area contributed by atoms with Crippen LogP contribution in [-0.2, 0) is 0 Å². The van der Waals surface area contributed by atoms with Crippen molar-refractivity contribution in [3.05, 3.63) is 0 Å². The third kappa shape index (κ3) is 9.15. The van der Waals surface area contributed by atoms with Gasteiger partial charge in [-0.2, -0.15) is 0 Å². The fourth-order valence-corrected chi connectivity index (χ4v) is 2.41. The molecule has 0 aliphatic carbocycles. The third-order valence-corrected chi connectivity index (χ3v) is 4.34. The molecule has 132 valence electrons. The van der Waals surface area contributed by atoms with Crippen LogP contribution in [-0.4, -0.2) is 75.2 Å². The fourth-order valence-electron chi connectivity index (χ4n) is 2.41. The summed E-state index contributed by atoms with van der Waals surface area (Å²) in [5.74, 6) is 1.53. The molecule has 5 nitrogen and oxygen atoms in total. The van der Waals surface area contributed by atoms with Crippen molar-refractivity contribution >= 4 is 29.9 Å². The first kappa shape index (κ1) is 21.9. The maximum Gasteiger partial charge on any atom is 0.191 e. The zero-order chi connectivity index (χ0) is 15.7. The van der Waals surface area contributed by atoms with Gasteiger partial charge >= 0.3 is 0 Å². The Kier molecular flexibility index (Phi) is 12.3. The van der Waals surface area contributed by atoms with Gasteiger partial charge in [-0.25, -0.2) is 0 Å². The molecule has 1 heterocycles. The minimum atomic E-state index is 0. The van der Waals surface area contributed by atoms with E-state index in [4.69, 9.17) is 0 Å². The molecule has 0 saturated carbocycles. The molecule has 1 saturated heterocycles.